The van der Waals surface area contributed by atoms with E-state index in [1.807, 2.05) is 6.07 Å². The van der Waals surface area contributed by atoms with E-state index in [0.717, 1.165) is 54.1 Å². The lowest BCUT2D eigenvalue weighted by atomic mass is 10.0. The third kappa shape index (κ3) is 4.49. The molecule has 0 saturated carbocycles. The Balaban J connectivity index is 1.47. The minimum Gasteiger partial charge on any atom is -0.397 e. The molecule has 0 unspecified atom stereocenters. The van der Waals surface area contributed by atoms with E-state index >= 15 is 0 Å². The predicted molar refractivity (Wildman–Crippen MR) is 152 cm³/mol. The average Bonchev–Trinajstić information content (AvgIpc) is 3.45. The maximum Gasteiger partial charge on any atom is 0.227 e. The van der Waals surface area contributed by atoms with Gasteiger partial charge in [-0.1, -0.05) is 23.7 Å². The van der Waals surface area contributed by atoms with Crippen molar-refractivity contribution in [2.75, 3.05) is 50.2 Å². The Kier molecular flexibility index (Phi) is 6.53. The van der Waals surface area contributed by atoms with E-state index in [4.69, 9.17) is 22.3 Å². The quantitative estimate of drug-likeness (QED) is 0.328. The summed E-state index contributed by atoms with van der Waals surface area (Å²) >= 11 is 6.63. The molecule has 8 heteroatoms. The van der Waals surface area contributed by atoms with Gasteiger partial charge in [-0.2, -0.15) is 0 Å². The molecule has 0 atom stereocenters. The summed E-state index contributed by atoms with van der Waals surface area (Å²) in [5.74, 6) is 0.490. The fourth-order valence-corrected chi connectivity index (χ4v) is 5.36. The van der Waals surface area contributed by atoms with E-state index in [9.17, 15) is 0 Å². The summed E-state index contributed by atoms with van der Waals surface area (Å²) in [6.07, 6.45) is 7.28. The molecule has 5 rings (SSSR count). The summed E-state index contributed by atoms with van der Waals surface area (Å²) in [5, 5.41) is 5.08. The number of aromatic nitrogens is 3. The molecule has 0 spiro atoms. The second kappa shape index (κ2) is 9.64. The van der Waals surface area contributed by atoms with E-state index in [1.165, 1.54) is 28.5 Å². The molecule has 0 amide bonds. The first kappa shape index (κ1) is 24.4. The van der Waals surface area contributed by atoms with E-state index < -0.39 is 0 Å². The number of benzene rings is 2. The zero-order chi connectivity index (χ0) is 25.6. The summed E-state index contributed by atoms with van der Waals surface area (Å²) < 4.78 is 2.21. The van der Waals surface area contributed by atoms with Crippen molar-refractivity contribution in [2.24, 2.45) is 7.05 Å². The lowest BCUT2D eigenvalue weighted by molar-refractivity contribution is 0.416. The van der Waals surface area contributed by atoms with Crippen molar-refractivity contribution in [3.63, 3.8) is 0 Å². The summed E-state index contributed by atoms with van der Waals surface area (Å²) in [6.45, 7) is 3.90. The molecule has 1 aliphatic carbocycles. The van der Waals surface area contributed by atoms with Gasteiger partial charge in [0.05, 0.1) is 33.8 Å². The number of hydrogen-bond donors (Lipinski definition) is 2. The molecule has 36 heavy (non-hydrogen) atoms. The molecule has 0 aliphatic heterocycles. The molecular weight excluding hydrogens is 470 g/mol. The number of likely N-dealkylation sites (N-methyl/N-ethyl adjacent to an activating group) is 2. The highest BCUT2D eigenvalue weighted by Gasteiger charge is 2.21. The number of halogens is 1. The fourth-order valence-electron chi connectivity index (χ4n) is 5.17. The molecule has 0 bridgehead atoms. The first-order valence-corrected chi connectivity index (χ1v) is 12.8. The number of fused-ring (bicyclic) bond motifs is 3. The second-order valence-corrected chi connectivity index (χ2v) is 10.5. The Hall–Kier alpha value is -3.29. The number of nitrogens with one attached hydrogen (secondary N) is 1. The number of nitrogens with two attached hydrogens (primary N) is 1. The van der Waals surface area contributed by atoms with E-state index in [-0.39, 0.29) is 0 Å². The van der Waals surface area contributed by atoms with Crippen molar-refractivity contribution in [3.05, 3.63) is 58.4 Å². The molecule has 2 aromatic carbocycles. The van der Waals surface area contributed by atoms with Gasteiger partial charge in [0.1, 0.15) is 0 Å². The van der Waals surface area contributed by atoms with Crippen molar-refractivity contribution < 1.29 is 0 Å². The highest BCUT2D eigenvalue weighted by Crippen LogP contribution is 2.38. The average molecular weight is 504 g/mol. The number of hydrogen-bond acceptors (Lipinski definition) is 6. The molecule has 0 radical (unpaired) electrons. The molecule has 7 nitrogen and oxygen atoms in total. The molecule has 0 fully saturated rings. The zero-order valence-corrected chi connectivity index (χ0v) is 22.4. The number of aryl methyl sites for hydroxylation is 4. The highest BCUT2D eigenvalue weighted by molar-refractivity contribution is 6.33. The SMILES string of the molecule is Cc1cc(N(C)CCN(C)C)c(N)cc1Nc1ncc(Cl)c(-c2cn(C)c3c4c(ccc23)CCC4)n1. The summed E-state index contributed by atoms with van der Waals surface area (Å²) in [5.41, 5.74) is 16.0. The Labute approximate surface area is 217 Å². The summed E-state index contributed by atoms with van der Waals surface area (Å²) in [6, 6.07) is 8.52. The molecule has 1 aliphatic rings. The third-order valence-electron chi connectivity index (χ3n) is 7.13. The lowest BCUT2D eigenvalue weighted by Crippen LogP contribution is -2.29. The third-order valence-corrected chi connectivity index (χ3v) is 7.41. The Bertz CT molecular complexity index is 1440. The van der Waals surface area contributed by atoms with Crippen LogP contribution in [0, 0.1) is 6.92 Å². The number of anilines is 4. The van der Waals surface area contributed by atoms with Crippen molar-refractivity contribution in [1.29, 1.82) is 0 Å². The Morgan fingerprint density at radius 2 is 1.94 bits per heavy atom. The van der Waals surface area contributed by atoms with Crippen LogP contribution in [0.4, 0.5) is 23.0 Å². The minimum atomic E-state index is 0.490. The van der Waals surface area contributed by atoms with Crippen LogP contribution in [0.1, 0.15) is 23.1 Å². The van der Waals surface area contributed by atoms with Gasteiger partial charge in [0.15, 0.2) is 0 Å². The summed E-state index contributed by atoms with van der Waals surface area (Å²) in [7, 11) is 8.30. The summed E-state index contributed by atoms with van der Waals surface area (Å²) in [4.78, 5) is 13.7. The van der Waals surface area contributed by atoms with E-state index in [1.54, 1.807) is 6.20 Å². The molecular formula is C28H34ClN7. The van der Waals surface area contributed by atoms with Crippen molar-refractivity contribution in [3.8, 4) is 11.3 Å². The molecule has 2 aromatic heterocycles. The van der Waals surface area contributed by atoms with Crippen molar-refractivity contribution in [1.82, 2.24) is 19.4 Å². The van der Waals surface area contributed by atoms with Gasteiger partial charge in [-0.05, 0) is 69.1 Å². The van der Waals surface area contributed by atoms with Crippen LogP contribution in [0.3, 0.4) is 0 Å². The maximum atomic E-state index is 6.63. The number of rotatable bonds is 7. The van der Waals surface area contributed by atoms with Crippen LogP contribution in [-0.4, -0.2) is 53.7 Å². The van der Waals surface area contributed by atoms with Crippen LogP contribution in [0.5, 0.6) is 0 Å². The lowest BCUT2D eigenvalue weighted by Gasteiger charge is -2.24. The van der Waals surface area contributed by atoms with Gasteiger partial charge < -0.3 is 25.4 Å². The molecule has 3 N–H and O–H groups in total. The van der Waals surface area contributed by atoms with Gasteiger partial charge in [0, 0.05) is 50.0 Å². The maximum absolute atomic E-state index is 6.63. The van der Waals surface area contributed by atoms with Gasteiger partial charge in [0.2, 0.25) is 5.95 Å². The molecule has 4 aromatic rings. The Morgan fingerprint density at radius 3 is 2.72 bits per heavy atom. The standard InChI is InChI=1S/C28H34ClN7/c1-17-13-25(35(4)12-11-34(2)3)23(30)14-24(17)32-28-31-15-22(29)26(33-28)21-16-36(5)27-19-8-6-7-18(19)9-10-20(21)27/h9-10,13-16H,6-8,11-12,30H2,1-5H3,(H,31,32,33). The van der Waals surface area contributed by atoms with Gasteiger partial charge in [0.25, 0.3) is 0 Å². The van der Waals surface area contributed by atoms with Gasteiger partial charge in [-0.25, -0.2) is 9.97 Å². The van der Waals surface area contributed by atoms with E-state index in [0.29, 0.717) is 16.7 Å². The first-order valence-electron chi connectivity index (χ1n) is 12.4. The topological polar surface area (TPSA) is 75.2 Å². The van der Waals surface area contributed by atoms with Crippen LogP contribution in [0.2, 0.25) is 5.02 Å². The minimum absolute atomic E-state index is 0.490. The monoisotopic (exact) mass is 503 g/mol. The van der Waals surface area contributed by atoms with Gasteiger partial charge in [-0.15, -0.1) is 0 Å². The van der Waals surface area contributed by atoms with Crippen molar-refractivity contribution in [2.45, 2.75) is 26.2 Å². The Morgan fingerprint density at radius 1 is 1.14 bits per heavy atom. The zero-order valence-electron chi connectivity index (χ0n) is 21.7. The predicted octanol–water partition coefficient (Wildman–Crippen LogP) is 5.41. The first-order chi connectivity index (χ1) is 17.2. The normalized spacial score (nSPS) is 13.0. The van der Waals surface area contributed by atoms with Crippen LogP contribution in [0.25, 0.3) is 22.2 Å². The van der Waals surface area contributed by atoms with E-state index in [2.05, 4.69) is 84.2 Å². The molecule has 0 saturated heterocycles. The van der Waals surface area contributed by atoms with Gasteiger partial charge in [-0.3, -0.25) is 0 Å². The number of nitrogen functional groups attached to an aromatic ring is 1. The van der Waals surface area contributed by atoms with Crippen LogP contribution < -0.4 is 16.0 Å². The van der Waals surface area contributed by atoms with Gasteiger partial charge >= 0.3 is 0 Å². The van der Waals surface area contributed by atoms with Crippen LogP contribution in [-0.2, 0) is 19.9 Å². The molecule has 188 valence electrons. The van der Waals surface area contributed by atoms with Crippen LogP contribution >= 0.6 is 11.6 Å². The second-order valence-electron chi connectivity index (χ2n) is 10.1. The highest BCUT2D eigenvalue weighted by atomic mass is 35.5. The fraction of sp³-hybridized carbons (Fsp3) is 0.357. The largest absolute Gasteiger partial charge is 0.397 e. The number of nitrogens with zero attached hydrogens (tertiary/aromatic N) is 5. The smallest absolute Gasteiger partial charge is 0.227 e. The molecule has 2 heterocycles. The van der Waals surface area contributed by atoms with Crippen molar-refractivity contribution >= 4 is 45.5 Å². The van der Waals surface area contributed by atoms with Crippen LogP contribution in [0.15, 0.2) is 36.7 Å².